The van der Waals surface area contributed by atoms with E-state index in [4.69, 9.17) is 0 Å². The summed E-state index contributed by atoms with van der Waals surface area (Å²) in [5.74, 6) is 0. The van der Waals surface area contributed by atoms with Crippen LogP contribution < -0.4 is 10.0 Å². The quantitative estimate of drug-likeness (QED) is 0.809. The van der Waals surface area contributed by atoms with Gasteiger partial charge in [-0.05, 0) is 37.6 Å². The smallest absolute Gasteiger partial charge is 0.240 e. The molecule has 1 aromatic carbocycles. The summed E-state index contributed by atoms with van der Waals surface area (Å²) >= 11 is 0. The summed E-state index contributed by atoms with van der Waals surface area (Å²) in [5, 5.41) is 3.17. The molecule has 1 rings (SSSR count). The van der Waals surface area contributed by atoms with Crippen molar-refractivity contribution in [3.05, 3.63) is 29.8 Å². The van der Waals surface area contributed by atoms with E-state index in [1.54, 1.807) is 18.2 Å². The molecule has 0 amide bonds. The van der Waals surface area contributed by atoms with Crippen molar-refractivity contribution in [2.45, 2.75) is 38.1 Å². The average molecular weight is 307 g/mol. The topological polar surface area (TPSA) is 58.2 Å². The largest absolute Gasteiger partial charge is 0.313 e. The second-order valence-corrected chi connectivity index (χ2v) is 6.08. The highest BCUT2D eigenvalue weighted by atomic mass is 35.5. The van der Waals surface area contributed by atoms with Gasteiger partial charge in [0, 0.05) is 12.6 Å². The van der Waals surface area contributed by atoms with E-state index in [1.165, 1.54) is 0 Å². The van der Waals surface area contributed by atoms with Crippen LogP contribution in [0.15, 0.2) is 29.2 Å². The van der Waals surface area contributed by atoms with E-state index < -0.39 is 10.0 Å². The summed E-state index contributed by atoms with van der Waals surface area (Å²) in [6.45, 7) is 7.18. The van der Waals surface area contributed by atoms with Crippen LogP contribution in [-0.2, 0) is 16.4 Å². The van der Waals surface area contributed by atoms with Crippen molar-refractivity contribution in [2.24, 2.45) is 0 Å². The van der Waals surface area contributed by atoms with E-state index in [9.17, 15) is 8.42 Å². The van der Waals surface area contributed by atoms with Gasteiger partial charge in [0.1, 0.15) is 0 Å². The summed E-state index contributed by atoms with van der Waals surface area (Å²) in [5.41, 5.74) is 1.03. The third-order valence-corrected chi connectivity index (χ3v) is 4.17. The summed E-state index contributed by atoms with van der Waals surface area (Å²) in [4.78, 5) is 0.338. The molecule has 0 aliphatic carbocycles. The highest BCUT2D eigenvalue weighted by Gasteiger charge is 2.14. The zero-order chi connectivity index (χ0) is 13.6. The average Bonchev–Trinajstić information content (AvgIpc) is 2.37. The maximum Gasteiger partial charge on any atom is 0.240 e. The lowest BCUT2D eigenvalue weighted by molar-refractivity contribution is 0.536. The molecule has 0 radical (unpaired) electrons. The fraction of sp³-hybridized carbons (Fsp3) is 0.538. The van der Waals surface area contributed by atoms with Crippen molar-refractivity contribution in [3.63, 3.8) is 0 Å². The van der Waals surface area contributed by atoms with Crippen LogP contribution >= 0.6 is 12.4 Å². The monoisotopic (exact) mass is 306 g/mol. The Morgan fingerprint density at radius 1 is 1.26 bits per heavy atom. The van der Waals surface area contributed by atoms with Gasteiger partial charge in [0.05, 0.1) is 4.90 Å². The maximum atomic E-state index is 12.1. The van der Waals surface area contributed by atoms with Gasteiger partial charge in [-0.15, -0.1) is 12.4 Å². The lowest BCUT2D eigenvalue weighted by atomic mass is 10.2. The summed E-state index contributed by atoms with van der Waals surface area (Å²) in [6, 6.07) is 7.18. The molecule has 0 heterocycles. The predicted molar refractivity (Wildman–Crippen MR) is 81.4 cm³/mol. The summed E-state index contributed by atoms with van der Waals surface area (Å²) in [7, 11) is -3.40. The van der Waals surface area contributed by atoms with Gasteiger partial charge in [-0.3, -0.25) is 0 Å². The number of benzene rings is 1. The highest BCUT2D eigenvalue weighted by Crippen LogP contribution is 2.11. The van der Waals surface area contributed by atoms with Crippen molar-refractivity contribution in [2.75, 3.05) is 13.1 Å². The molecule has 2 N–H and O–H groups in total. The van der Waals surface area contributed by atoms with Crippen LogP contribution in [-0.4, -0.2) is 27.5 Å². The second-order valence-electron chi connectivity index (χ2n) is 4.31. The minimum atomic E-state index is -3.40. The van der Waals surface area contributed by atoms with E-state index in [0.717, 1.165) is 18.5 Å². The van der Waals surface area contributed by atoms with Gasteiger partial charge in [-0.25, -0.2) is 13.1 Å². The van der Waals surface area contributed by atoms with Crippen molar-refractivity contribution in [1.82, 2.24) is 10.0 Å². The SMILES string of the molecule is CCN[C@H](C)CNS(=O)(=O)c1cccc(CC)c1.Cl. The Balaban J connectivity index is 0.00000324. The molecule has 0 aliphatic rings. The predicted octanol–water partition coefficient (Wildman–Crippen LogP) is 1.95. The molecule has 0 aromatic heterocycles. The first kappa shape index (κ1) is 18.4. The van der Waals surface area contributed by atoms with Gasteiger partial charge in [0.25, 0.3) is 0 Å². The molecule has 0 spiro atoms. The molecule has 110 valence electrons. The molecule has 4 nitrogen and oxygen atoms in total. The van der Waals surface area contributed by atoms with E-state index in [2.05, 4.69) is 10.0 Å². The van der Waals surface area contributed by atoms with Crippen LogP contribution in [0.25, 0.3) is 0 Å². The van der Waals surface area contributed by atoms with Gasteiger partial charge < -0.3 is 5.32 Å². The summed E-state index contributed by atoms with van der Waals surface area (Å²) in [6.07, 6.45) is 0.831. The Kier molecular flexibility index (Phi) is 8.25. The summed E-state index contributed by atoms with van der Waals surface area (Å²) < 4.78 is 26.8. The number of nitrogens with one attached hydrogen (secondary N) is 2. The lowest BCUT2D eigenvalue weighted by Crippen LogP contribution is -2.38. The van der Waals surface area contributed by atoms with Crippen molar-refractivity contribution < 1.29 is 8.42 Å². The zero-order valence-corrected chi connectivity index (χ0v) is 13.3. The number of aryl methyl sites for hydroxylation is 1. The molecule has 6 heteroatoms. The lowest BCUT2D eigenvalue weighted by Gasteiger charge is -2.13. The number of halogens is 1. The number of hydrogen-bond acceptors (Lipinski definition) is 3. The molecule has 0 bridgehead atoms. The third-order valence-electron chi connectivity index (χ3n) is 2.75. The molecule has 1 atom stereocenters. The highest BCUT2D eigenvalue weighted by molar-refractivity contribution is 7.89. The Hall–Kier alpha value is -0.620. The molecule has 0 saturated heterocycles. The first-order valence-electron chi connectivity index (χ1n) is 6.31. The van der Waals surface area contributed by atoms with Crippen LogP contribution in [0.1, 0.15) is 26.3 Å². The minimum absolute atomic E-state index is 0. The van der Waals surface area contributed by atoms with E-state index in [1.807, 2.05) is 26.8 Å². The van der Waals surface area contributed by atoms with Crippen molar-refractivity contribution in [1.29, 1.82) is 0 Å². The number of rotatable bonds is 7. The molecular weight excluding hydrogens is 284 g/mol. The van der Waals surface area contributed by atoms with Gasteiger partial charge >= 0.3 is 0 Å². The maximum absolute atomic E-state index is 12.1. The molecule has 0 saturated carbocycles. The Morgan fingerprint density at radius 3 is 2.53 bits per heavy atom. The molecule has 0 fully saturated rings. The first-order chi connectivity index (χ1) is 8.49. The molecule has 1 aromatic rings. The number of likely N-dealkylation sites (N-methyl/N-ethyl adjacent to an activating group) is 1. The number of hydrogen-bond donors (Lipinski definition) is 2. The Labute approximate surface area is 122 Å². The van der Waals surface area contributed by atoms with Crippen molar-refractivity contribution >= 4 is 22.4 Å². The van der Waals surface area contributed by atoms with Gasteiger partial charge in [0.15, 0.2) is 0 Å². The third kappa shape index (κ3) is 5.91. The van der Waals surface area contributed by atoms with Crippen LogP contribution in [0, 0.1) is 0 Å². The van der Waals surface area contributed by atoms with Crippen LogP contribution in [0.5, 0.6) is 0 Å². The standard InChI is InChI=1S/C13H22N2O2S.ClH/c1-4-12-7-6-8-13(9-12)18(16,17)15-10-11(3)14-5-2;/h6-9,11,14-15H,4-5,10H2,1-3H3;1H/t11-;/m1./s1. The van der Waals surface area contributed by atoms with Gasteiger partial charge in [-0.1, -0.05) is 26.0 Å². The fourth-order valence-corrected chi connectivity index (χ4v) is 2.87. The van der Waals surface area contributed by atoms with E-state index in [0.29, 0.717) is 11.4 Å². The second kappa shape index (κ2) is 8.53. The van der Waals surface area contributed by atoms with Crippen molar-refractivity contribution in [3.8, 4) is 0 Å². The van der Waals surface area contributed by atoms with E-state index in [-0.39, 0.29) is 18.4 Å². The van der Waals surface area contributed by atoms with Crippen LogP contribution in [0.4, 0.5) is 0 Å². The molecule has 0 unspecified atom stereocenters. The van der Waals surface area contributed by atoms with Gasteiger partial charge in [0.2, 0.25) is 10.0 Å². The molecule has 0 aliphatic heterocycles. The molecule has 19 heavy (non-hydrogen) atoms. The number of sulfonamides is 1. The van der Waals surface area contributed by atoms with Gasteiger partial charge in [-0.2, -0.15) is 0 Å². The minimum Gasteiger partial charge on any atom is -0.313 e. The van der Waals surface area contributed by atoms with Crippen LogP contribution in [0.2, 0.25) is 0 Å². The molecular formula is C13H23ClN2O2S. The fourth-order valence-electron chi connectivity index (χ4n) is 1.67. The normalized spacial score (nSPS) is 12.8. The first-order valence-corrected chi connectivity index (χ1v) is 7.80. The van der Waals surface area contributed by atoms with Crippen LogP contribution in [0.3, 0.4) is 0 Å². The Bertz CT molecular complexity index is 477. The van der Waals surface area contributed by atoms with E-state index >= 15 is 0 Å². The zero-order valence-electron chi connectivity index (χ0n) is 11.6. The Morgan fingerprint density at radius 2 is 1.95 bits per heavy atom.